The van der Waals surface area contributed by atoms with Gasteiger partial charge in [-0.1, -0.05) is 34.8 Å². The van der Waals surface area contributed by atoms with Crippen LogP contribution >= 0.6 is 34.8 Å². The predicted molar refractivity (Wildman–Crippen MR) is 84.6 cm³/mol. The lowest BCUT2D eigenvalue weighted by atomic mass is 10.3. The molecule has 0 saturated heterocycles. The first-order valence-corrected chi connectivity index (χ1v) is 7.28. The Bertz CT molecular complexity index is 639. The van der Waals surface area contributed by atoms with Crippen molar-refractivity contribution in [1.29, 1.82) is 0 Å². The molecule has 2 aromatic rings. The Morgan fingerprint density at radius 3 is 2.71 bits per heavy atom. The highest BCUT2D eigenvalue weighted by atomic mass is 35.5. The van der Waals surface area contributed by atoms with Gasteiger partial charge in [-0.15, -0.1) is 0 Å². The van der Waals surface area contributed by atoms with Crippen molar-refractivity contribution in [2.45, 2.75) is 19.9 Å². The Labute approximate surface area is 137 Å². The van der Waals surface area contributed by atoms with Crippen LogP contribution in [0.4, 0.5) is 5.82 Å². The summed E-state index contributed by atoms with van der Waals surface area (Å²) in [7, 11) is 0. The van der Waals surface area contributed by atoms with Gasteiger partial charge in [0.05, 0.1) is 16.8 Å². The molecule has 0 saturated carbocycles. The Hall–Kier alpha value is -1.30. The summed E-state index contributed by atoms with van der Waals surface area (Å²) in [5, 5.41) is 4.47. The molecule has 0 aliphatic carbocycles. The van der Waals surface area contributed by atoms with Crippen LogP contribution in [0.3, 0.4) is 0 Å². The number of halogens is 3. The number of rotatable bonds is 5. The molecule has 0 aliphatic rings. The molecule has 0 fully saturated rings. The second-order valence-electron chi connectivity index (χ2n) is 4.42. The zero-order valence-electron chi connectivity index (χ0n) is 11.4. The molecule has 112 valence electrons. The Kier molecular flexibility index (Phi) is 5.45. The van der Waals surface area contributed by atoms with Crippen LogP contribution in [-0.4, -0.2) is 27.6 Å². The highest BCUT2D eigenvalue weighted by molar-refractivity contribution is 6.35. The van der Waals surface area contributed by atoms with Gasteiger partial charge in [0.2, 0.25) is 5.88 Å². The summed E-state index contributed by atoms with van der Waals surface area (Å²) >= 11 is 17.9. The fourth-order valence-electron chi connectivity index (χ4n) is 1.55. The quantitative estimate of drug-likeness (QED) is 0.885. The van der Waals surface area contributed by atoms with Crippen molar-refractivity contribution in [2.75, 3.05) is 11.9 Å². The third kappa shape index (κ3) is 4.33. The van der Waals surface area contributed by atoms with E-state index in [-0.39, 0.29) is 6.04 Å². The summed E-state index contributed by atoms with van der Waals surface area (Å²) in [5.41, 5.74) is 0.713. The molecule has 2 rings (SSSR count). The zero-order chi connectivity index (χ0) is 15.4. The normalized spacial score (nSPS) is 12.0. The van der Waals surface area contributed by atoms with Gasteiger partial charge in [0.1, 0.15) is 28.8 Å². The van der Waals surface area contributed by atoms with Crippen molar-refractivity contribution in [3.8, 4) is 5.88 Å². The van der Waals surface area contributed by atoms with E-state index in [1.54, 1.807) is 6.07 Å². The molecule has 1 N–H and O–H groups in total. The van der Waals surface area contributed by atoms with Gasteiger partial charge in [0.25, 0.3) is 0 Å². The van der Waals surface area contributed by atoms with Crippen molar-refractivity contribution >= 4 is 40.6 Å². The second kappa shape index (κ2) is 7.11. The van der Waals surface area contributed by atoms with Crippen molar-refractivity contribution in [2.24, 2.45) is 0 Å². The van der Waals surface area contributed by atoms with Gasteiger partial charge in [0, 0.05) is 6.20 Å². The van der Waals surface area contributed by atoms with Gasteiger partial charge in [-0.3, -0.25) is 0 Å². The van der Waals surface area contributed by atoms with E-state index in [4.69, 9.17) is 39.5 Å². The summed E-state index contributed by atoms with van der Waals surface area (Å²) in [5.74, 6) is 0.898. The van der Waals surface area contributed by atoms with Gasteiger partial charge >= 0.3 is 0 Å². The van der Waals surface area contributed by atoms with Gasteiger partial charge in [-0.2, -0.15) is 0 Å². The standard InChI is InChI=1S/C13H13Cl3N4O/c1-7(20-12-11(16)8(2)18-6-19-12)5-21-13-10(15)3-9(14)4-17-13/h3-4,6-7H,5H2,1-2H3,(H,18,19,20). The predicted octanol–water partition coefficient (Wildman–Crippen LogP) is 4.02. The molecule has 0 radical (unpaired) electrons. The number of aryl methyl sites for hydroxylation is 1. The second-order valence-corrected chi connectivity index (χ2v) is 5.64. The molecule has 2 aromatic heterocycles. The van der Waals surface area contributed by atoms with Gasteiger partial charge < -0.3 is 10.1 Å². The fourth-order valence-corrected chi connectivity index (χ4v) is 2.13. The van der Waals surface area contributed by atoms with Crippen LogP contribution in [0.15, 0.2) is 18.6 Å². The maximum absolute atomic E-state index is 6.12. The largest absolute Gasteiger partial charge is 0.474 e. The molecule has 21 heavy (non-hydrogen) atoms. The van der Waals surface area contributed by atoms with Crippen molar-refractivity contribution in [1.82, 2.24) is 15.0 Å². The van der Waals surface area contributed by atoms with Gasteiger partial charge in [-0.25, -0.2) is 15.0 Å². The monoisotopic (exact) mass is 346 g/mol. The maximum atomic E-state index is 6.12. The number of hydrogen-bond donors (Lipinski definition) is 1. The molecule has 0 bridgehead atoms. The van der Waals surface area contributed by atoms with Crippen molar-refractivity contribution in [3.63, 3.8) is 0 Å². The van der Waals surface area contributed by atoms with Crippen LogP contribution in [0.1, 0.15) is 12.6 Å². The summed E-state index contributed by atoms with van der Waals surface area (Å²) in [6.45, 7) is 4.08. The minimum Gasteiger partial charge on any atom is -0.474 e. The topological polar surface area (TPSA) is 59.9 Å². The van der Waals surface area contributed by atoms with Crippen LogP contribution in [0.25, 0.3) is 0 Å². The summed E-state index contributed by atoms with van der Waals surface area (Å²) in [4.78, 5) is 12.1. The molecular weight excluding hydrogens is 335 g/mol. The number of anilines is 1. The highest BCUT2D eigenvalue weighted by Crippen LogP contribution is 2.25. The molecule has 5 nitrogen and oxygen atoms in total. The van der Waals surface area contributed by atoms with Gasteiger partial charge in [0.15, 0.2) is 0 Å². The van der Waals surface area contributed by atoms with E-state index in [1.807, 2.05) is 13.8 Å². The average Bonchev–Trinajstić information content (AvgIpc) is 2.43. The molecule has 0 amide bonds. The fraction of sp³-hybridized carbons (Fsp3) is 0.308. The summed E-state index contributed by atoms with van der Waals surface area (Å²) in [6.07, 6.45) is 2.93. The van der Waals surface area contributed by atoms with E-state index < -0.39 is 0 Å². The van der Waals surface area contributed by atoms with Crippen molar-refractivity contribution < 1.29 is 4.74 Å². The average molecular weight is 348 g/mol. The van der Waals surface area contributed by atoms with Crippen LogP contribution in [-0.2, 0) is 0 Å². The van der Waals surface area contributed by atoms with Crippen molar-refractivity contribution in [3.05, 3.63) is 39.4 Å². The lowest BCUT2D eigenvalue weighted by molar-refractivity contribution is 0.292. The summed E-state index contributed by atoms with van der Waals surface area (Å²) in [6, 6.07) is 1.53. The highest BCUT2D eigenvalue weighted by Gasteiger charge is 2.11. The van der Waals surface area contributed by atoms with E-state index in [9.17, 15) is 0 Å². The number of nitrogens with zero attached hydrogens (tertiary/aromatic N) is 3. The lowest BCUT2D eigenvalue weighted by Gasteiger charge is -2.16. The van der Waals surface area contributed by atoms with E-state index in [1.165, 1.54) is 12.5 Å². The number of hydrogen-bond acceptors (Lipinski definition) is 5. The Morgan fingerprint density at radius 2 is 2.00 bits per heavy atom. The Morgan fingerprint density at radius 1 is 1.24 bits per heavy atom. The first-order valence-electron chi connectivity index (χ1n) is 6.15. The maximum Gasteiger partial charge on any atom is 0.232 e. The van der Waals surface area contributed by atoms with E-state index in [0.29, 0.717) is 39.1 Å². The number of nitrogens with one attached hydrogen (secondary N) is 1. The minimum atomic E-state index is -0.0506. The van der Waals surface area contributed by atoms with Crippen LogP contribution in [0.2, 0.25) is 15.1 Å². The Balaban J connectivity index is 1.96. The van der Waals surface area contributed by atoms with Gasteiger partial charge in [-0.05, 0) is 19.9 Å². The zero-order valence-corrected chi connectivity index (χ0v) is 13.7. The molecule has 1 unspecified atom stereocenters. The van der Waals surface area contributed by atoms with Crippen LogP contribution < -0.4 is 10.1 Å². The van der Waals surface area contributed by atoms with E-state index in [2.05, 4.69) is 20.3 Å². The first-order chi connectivity index (χ1) is 9.97. The van der Waals surface area contributed by atoms with Crippen LogP contribution in [0.5, 0.6) is 5.88 Å². The number of pyridine rings is 1. The molecule has 1 atom stereocenters. The van der Waals surface area contributed by atoms with E-state index in [0.717, 1.165) is 0 Å². The SMILES string of the molecule is Cc1ncnc(NC(C)COc2ncc(Cl)cc2Cl)c1Cl. The first kappa shape index (κ1) is 16.1. The smallest absolute Gasteiger partial charge is 0.232 e. The minimum absolute atomic E-state index is 0.0506. The third-order valence-electron chi connectivity index (χ3n) is 2.59. The molecule has 8 heteroatoms. The summed E-state index contributed by atoms with van der Waals surface area (Å²) < 4.78 is 5.55. The van der Waals surface area contributed by atoms with Crippen LogP contribution in [0, 0.1) is 6.92 Å². The molecule has 0 aromatic carbocycles. The van der Waals surface area contributed by atoms with E-state index >= 15 is 0 Å². The third-order valence-corrected chi connectivity index (χ3v) is 3.52. The molecule has 0 aliphatic heterocycles. The number of ether oxygens (including phenoxy) is 1. The molecular formula is C13H13Cl3N4O. The number of aromatic nitrogens is 3. The lowest BCUT2D eigenvalue weighted by Crippen LogP contribution is -2.24. The molecule has 2 heterocycles. The molecule has 0 spiro atoms.